The van der Waals surface area contributed by atoms with Gasteiger partial charge in [-0.25, -0.2) is 9.37 Å². The lowest BCUT2D eigenvalue weighted by Gasteiger charge is -2.16. The number of amides is 2. The highest BCUT2D eigenvalue weighted by Crippen LogP contribution is 2.24. The molecule has 1 aliphatic rings. The minimum Gasteiger partial charge on any atom is -0.492 e. The minimum atomic E-state index is -0.635. The molecule has 3 aromatic rings. The number of anilines is 5. The second kappa shape index (κ2) is 11.1. The summed E-state index contributed by atoms with van der Waals surface area (Å²) in [6.45, 7) is 5.13. The van der Waals surface area contributed by atoms with Crippen LogP contribution in [0.4, 0.5) is 33.2 Å². The molecule has 2 heterocycles. The minimum absolute atomic E-state index is 0.0302. The molecule has 1 saturated heterocycles. The summed E-state index contributed by atoms with van der Waals surface area (Å²) in [7, 11) is 0. The van der Waals surface area contributed by atoms with Crippen LogP contribution in [0.5, 0.6) is 5.75 Å². The first-order valence-corrected chi connectivity index (χ1v) is 11.1. The van der Waals surface area contributed by atoms with Gasteiger partial charge in [0, 0.05) is 36.1 Å². The van der Waals surface area contributed by atoms with Crippen LogP contribution in [0, 0.1) is 5.82 Å². The summed E-state index contributed by atoms with van der Waals surface area (Å²) in [5.41, 5.74) is 1.72. The van der Waals surface area contributed by atoms with Crippen LogP contribution in [-0.4, -0.2) is 46.4 Å². The first-order valence-electron chi connectivity index (χ1n) is 11.1. The standard InChI is InChI=1S/C25H25FN6O3/c1-2-22(33)28-17-6-3-7-18(14-17)29-24-21(26)16-27-25(31-24)30-19-8-4-9-20(15-19)35-13-12-32-11-5-10-23(32)34/h2-4,6-9,14-16H,1,5,10-13H2,(H,28,33)(H2,27,29,30,31). The van der Waals surface area contributed by atoms with Crippen LogP contribution in [0.2, 0.25) is 0 Å². The van der Waals surface area contributed by atoms with Gasteiger partial charge in [0.2, 0.25) is 17.8 Å². The monoisotopic (exact) mass is 476 g/mol. The molecule has 2 aromatic carbocycles. The molecule has 1 aromatic heterocycles. The van der Waals surface area contributed by atoms with Gasteiger partial charge < -0.3 is 25.6 Å². The van der Waals surface area contributed by atoms with Gasteiger partial charge in [0.05, 0.1) is 12.7 Å². The lowest BCUT2D eigenvalue weighted by atomic mass is 10.2. The number of halogens is 1. The highest BCUT2D eigenvalue weighted by atomic mass is 19.1. The van der Waals surface area contributed by atoms with Crippen LogP contribution in [0.3, 0.4) is 0 Å². The maximum atomic E-state index is 14.4. The smallest absolute Gasteiger partial charge is 0.247 e. The third-order valence-electron chi connectivity index (χ3n) is 5.21. The third-order valence-corrected chi connectivity index (χ3v) is 5.21. The summed E-state index contributed by atoms with van der Waals surface area (Å²) in [4.78, 5) is 33.3. The Hall–Kier alpha value is -4.47. The molecule has 180 valence electrons. The lowest BCUT2D eigenvalue weighted by molar-refractivity contribution is -0.128. The largest absolute Gasteiger partial charge is 0.492 e. The van der Waals surface area contributed by atoms with Crippen LogP contribution in [0.15, 0.2) is 67.4 Å². The molecule has 0 radical (unpaired) electrons. The maximum Gasteiger partial charge on any atom is 0.247 e. The van der Waals surface area contributed by atoms with Gasteiger partial charge in [-0.2, -0.15) is 4.98 Å². The normalized spacial score (nSPS) is 12.8. The van der Waals surface area contributed by atoms with E-state index in [-0.39, 0.29) is 23.6 Å². The average molecular weight is 477 g/mol. The summed E-state index contributed by atoms with van der Waals surface area (Å²) in [5.74, 6) is -0.0416. The Balaban J connectivity index is 1.39. The molecule has 0 atom stereocenters. The van der Waals surface area contributed by atoms with Gasteiger partial charge in [0.15, 0.2) is 11.6 Å². The van der Waals surface area contributed by atoms with Crippen molar-refractivity contribution < 1.29 is 18.7 Å². The van der Waals surface area contributed by atoms with Crippen molar-refractivity contribution in [2.24, 2.45) is 0 Å². The van der Waals surface area contributed by atoms with Crippen molar-refractivity contribution in [1.82, 2.24) is 14.9 Å². The van der Waals surface area contributed by atoms with Crippen molar-refractivity contribution in [3.63, 3.8) is 0 Å². The molecule has 0 aliphatic carbocycles. The second-order valence-corrected chi connectivity index (χ2v) is 7.77. The molecular formula is C25H25FN6O3. The van der Waals surface area contributed by atoms with E-state index in [1.54, 1.807) is 35.2 Å². The number of likely N-dealkylation sites (tertiary alicyclic amines) is 1. The quantitative estimate of drug-likeness (QED) is 0.376. The number of hydrogen-bond donors (Lipinski definition) is 3. The number of hydrogen-bond acceptors (Lipinski definition) is 7. The van der Waals surface area contributed by atoms with Gasteiger partial charge in [-0.1, -0.05) is 18.7 Å². The van der Waals surface area contributed by atoms with Crippen molar-refractivity contribution in [3.05, 3.63) is 73.2 Å². The zero-order valence-electron chi connectivity index (χ0n) is 19.0. The van der Waals surface area contributed by atoms with E-state index in [1.165, 1.54) is 0 Å². The van der Waals surface area contributed by atoms with Crippen molar-refractivity contribution >= 4 is 40.6 Å². The Kier molecular flexibility index (Phi) is 7.51. The first-order chi connectivity index (χ1) is 17.0. The molecular weight excluding hydrogens is 451 g/mol. The van der Waals surface area contributed by atoms with Crippen LogP contribution in [-0.2, 0) is 9.59 Å². The summed E-state index contributed by atoms with van der Waals surface area (Å²) in [5, 5.41) is 8.59. The van der Waals surface area contributed by atoms with Crippen molar-refractivity contribution in [2.45, 2.75) is 12.8 Å². The van der Waals surface area contributed by atoms with Crippen LogP contribution in [0.1, 0.15) is 12.8 Å². The lowest BCUT2D eigenvalue weighted by Crippen LogP contribution is -2.29. The first kappa shape index (κ1) is 23.7. The molecule has 1 aliphatic heterocycles. The van der Waals surface area contributed by atoms with Crippen LogP contribution in [0.25, 0.3) is 0 Å². The van der Waals surface area contributed by atoms with Gasteiger partial charge in [-0.05, 0) is 42.8 Å². The van der Waals surface area contributed by atoms with E-state index in [2.05, 4.69) is 32.5 Å². The predicted octanol–water partition coefficient (Wildman–Crippen LogP) is 4.23. The Bertz CT molecular complexity index is 1240. The van der Waals surface area contributed by atoms with Crippen LogP contribution >= 0.6 is 0 Å². The molecule has 0 unspecified atom stereocenters. The van der Waals surface area contributed by atoms with Gasteiger partial charge in [0.25, 0.3) is 0 Å². The Morgan fingerprint density at radius 1 is 1.14 bits per heavy atom. The molecule has 0 bridgehead atoms. The molecule has 35 heavy (non-hydrogen) atoms. The van der Waals surface area contributed by atoms with Crippen LogP contribution < -0.4 is 20.7 Å². The van der Waals surface area contributed by atoms with Crippen molar-refractivity contribution in [1.29, 1.82) is 0 Å². The second-order valence-electron chi connectivity index (χ2n) is 7.77. The molecule has 0 saturated carbocycles. The fourth-order valence-electron chi connectivity index (χ4n) is 3.53. The fourth-order valence-corrected chi connectivity index (χ4v) is 3.53. The number of ether oxygens (including phenoxy) is 1. The van der Waals surface area contributed by atoms with E-state index in [0.717, 1.165) is 25.2 Å². The van der Waals surface area contributed by atoms with Crippen molar-refractivity contribution in [3.8, 4) is 5.75 Å². The zero-order chi connectivity index (χ0) is 24.6. The maximum absolute atomic E-state index is 14.4. The Labute approximate surface area is 202 Å². The summed E-state index contributed by atoms with van der Waals surface area (Å²) >= 11 is 0. The van der Waals surface area contributed by atoms with E-state index >= 15 is 0 Å². The van der Waals surface area contributed by atoms with Gasteiger partial charge in [0.1, 0.15) is 12.4 Å². The van der Waals surface area contributed by atoms with E-state index in [9.17, 15) is 14.0 Å². The van der Waals surface area contributed by atoms with Gasteiger partial charge >= 0.3 is 0 Å². The number of carbonyl (C=O) groups excluding carboxylic acids is 2. The van der Waals surface area contributed by atoms with Gasteiger partial charge in [-0.3, -0.25) is 9.59 Å². The summed E-state index contributed by atoms with van der Waals surface area (Å²) in [6.07, 6.45) is 3.72. The Morgan fingerprint density at radius 2 is 1.91 bits per heavy atom. The topological polar surface area (TPSA) is 108 Å². The fraction of sp³-hybridized carbons (Fsp3) is 0.200. The zero-order valence-corrected chi connectivity index (χ0v) is 19.0. The van der Waals surface area contributed by atoms with Gasteiger partial charge in [-0.15, -0.1) is 0 Å². The number of nitrogens with one attached hydrogen (secondary N) is 3. The molecule has 4 rings (SSSR count). The van der Waals surface area contributed by atoms with E-state index in [4.69, 9.17) is 4.74 Å². The van der Waals surface area contributed by atoms with E-state index in [1.807, 2.05) is 18.2 Å². The van der Waals surface area contributed by atoms with E-state index < -0.39 is 5.82 Å². The SMILES string of the molecule is C=CC(=O)Nc1cccc(Nc2nc(Nc3cccc(OCCN4CCCC4=O)c3)ncc2F)c1. The molecule has 3 N–H and O–H groups in total. The van der Waals surface area contributed by atoms with E-state index in [0.29, 0.717) is 42.4 Å². The third kappa shape index (κ3) is 6.53. The molecule has 0 spiro atoms. The average Bonchev–Trinajstić information content (AvgIpc) is 3.26. The Morgan fingerprint density at radius 3 is 2.69 bits per heavy atom. The number of benzene rings is 2. The predicted molar refractivity (Wildman–Crippen MR) is 132 cm³/mol. The summed E-state index contributed by atoms with van der Waals surface area (Å²) < 4.78 is 20.2. The molecule has 9 nitrogen and oxygen atoms in total. The highest BCUT2D eigenvalue weighted by molar-refractivity contribution is 5.99. The number of nitrogens with zero attached hydrogens (tertiary/aromatic N) is 3. The summed E-state index contributed by atoms with van der Waals surface area (Å²) in [6, 6.07) is 14.0. The van der Waals surface area contributed by atoms with Crippen molar-refractivity contribution in [2.75, 3.05) is 35.6 Å². The molecule has 1 fully saturated rings. The molecule has 2 amide bonds. The number of rotatable bonds is 10. The number of carbonyl (C=O) groups is 2. The highest BCUT2D eigenvalue weighted by Gasteiger charge is 2.19. The number of aromatic nitrogens is 2. The molecule has 10 heteroatoms.